The molecule has 1 amide bonds. The highest BCUT2D eigenvalue weighted by Gasteiger charge is 2.42. The van der Waals surface area contributed by atoms with Crippen molar-refractivity contribution >= 4 is 12.1 Å². The van der Waals surface area contributed by atoms with E-state index < -0.39 is 23.6 Å². The lowest BCUT2D eigenvalue weighted by molar-refractivity contribution is -0.142. The van der Waals surface area contributed by atoms with Crippen LogP contribution in [0.4, 0.5) is 4.79 Å². The Morgan fingerprint density at radius 1 is 1.11 bits per heavy atom. The third-order valence-electron chi connectivity index (χ3n) is 6.43. The summed E-state index contributed by atoms with van der Waals surface area (Å²) in [7, 11) is 3.29. The number of aliphatic carboxylic acids is 1. The van der Waals surface area contributed by atoms with Crippen LogP contribution in [0.3, 0.4) is 0 Å². The predicted molar refractivity (Wildman–Crippen MR) is 134 cm³/mol. The van der Waals surface area contributed by atoms with Crippen LogP contribution in [0.15, 0.2) is 18.2 Å². The molecule has 1 aromatic rings. The van der Waals surface area contributed by atoms with Crippen LogP contribution >= 0.6 is 0 Å². The molecule has 35 heavy (non-hydrogen) atoms. The summed E-state index contributed by atoms with van der Waals surface area (Å²) < 4.78 is 22.0. The van der Waals surface area contributed by atoms with Crippen molar-refractivity contribution in [2.75, 3.05) is 40.5 Å². The second kappa shape index (κ2) is 13.0. The average molecular weight is 494 g/mol. The zero-order valence-corrected chi connectivity index (χ0v) is 22.3. The number of carbonyl (C=O) groups excluding carboxylic acids is 1. The van der Waals surface area contributed by atoms with Crippen molar-refractivity contribution in [1.29, 1.82) is 0 Å². The van der Waals surface area contributed by atoms with Gasteiger partial charge in [0, 0.05) is 33.2 Å². The van der Waals surface area contributed by atoms with Crippen molar-refractivity contribution in [3.8, 4) is 11.5 Å². The maximum absolute atomic E-state index is 12.6. The molecule has 0 aromatic heterocycles. The van der Waals surface area contributed by atoms with Gasteiger partial charge in [0.15, 0.2) is 11.5 Å². The molecule has 0 radical (unpaired) electrons. The number of methoxy groups -OCH3 is 2. The molecule has 1 fully saturated rings. The van der Waals surface area contributed by atoms with Gasteiger partial charge in [-0.1, -0.05) is 19.9 Å². The number of hydrogen-bond acceptors (Lipinski definition) is 6. The van der Waals surface area contributed by atoms with Crippen molar-refractivity contribution < 1.29 is 33.6 Å². The van der Waals surface area contributed by atoms with Gasteiger partial charge in [0.05, 0.1) is 19.6 Å². The molecule has 3 atom stereocenters. The molecule has 0 spiro atoms. The lowest BCUT2D eigenvalue weighted by atomic mass is 9.79. The second-order valence-electron chi connectivity index (χ2n) is 10.7. The van der Waals surface area contributed by atoms with Crippen LogP contribution in [0, 0.1) is 23.7 Å². The van der Waals surface area contributed by atoms with E-state index in [1.54, 1.807) is 19.1 Å². The maximum atomic E-state index is 12.6. The largest absolute Gasteiger partial charge is 0.493 e. The van der Waals surface area contributed by atoms with Crippen LogP contribution in [-0.2, 0) is 20.7 Å². The zero-order chi connectivity index (χ0) is 26.2. The average Bonchev–Trinajstić information content (AvgIpc) is 3.20. The fourth-order valence-electron chi connectivity index (χ4n) is 4.49. The predicted octanol–water partition coefficient (Wildman–Crippen LogP) is 4.88. The van der Waals surface area contributed by atoms with Gasteiger partial charge in [0.25, 0.3) is 0 Å². The van der Waals surface area contributed by atoms with Gasteiger partial charge in [-0.15, -0.1) is 0 Å². The van der Waals surface area contributed by atoms with Gasteiger partial charge in [-0.05, 0) is 69.1 Å². The van der Waals surface area contributed by atoms with Crippen molar-refractivity contribution in [2.24, 2.45) is 23.7 Å². The van der Waals surface area contributed by atoms with Crippen molar-refractivity contribution in [3.63, 3.8) is 0 Å². The Labute approximate surface area is 209 Å². The van der Waals surface area contributed by atoms with Crippen LogP contribution in [-0.4, -0.2) is 68.2 Å². The number of ether oxygens (including phenoxy) is 4. The minimum atomic E-state index is -0.861. The van der Waals surface area contributed by atoms with Gasteiger partial charge in [-0.25, -0.2) is 4.79 Å². The number of likely N-dealkylation sites (tertiary alicyclic amines) is 1. The van der Waals surface area contributed by atoms with Crippen LogP contribution in [0.2, 0.25) is 0 Å². The Morgan fingerprint density at radius 2 is 1.83 bits per heavy atom. The summed E-state index contributed by atoms with van der Waals surface area (Å²) in [6.45, 7) is 11.5. The Kier molecular flexibility index (Phi) is 10.7. The molecule has 1 heterocycles. The van der Waals surface area contributed by atoms with Crippen LogP contribution in [0.1, 0.15) is 53.0 Å². The van der Waals surface area contributed by atoms with Crippen LogP contribution < -0.4 is 9.47 Å². The summed E-state index contributed by atoms with van der Waals surface area (Å²) in [6, 6.07) is 5.96. The quantitative estimate of drug-likeness (QED) is 0.415. The highest BCUT2D eigenvalue weighted by Crippen LogP contribution is 2.36. The molecule has 2 rings (SSSR count). The molecule has 1 aliphatic rings. The Bertz CT molecular complexity index is 833. The van der Waals surface area contributed by atoms with Crippen molar-refractivity contribution in [2.45, 2.75) is 59.5 Å². The Balaban J connectivity index is 2.13. The van der Waals surface area contributed by atoms with E-state index in [0.717, 1.165) is 18.4 Å². The van der Waals surface area contributed by atoms with E-state index in [1.165, 1.54) is 0 Å². The first-order chi connectivity index (χ1) is 16.4. The lowest BCUT2D eigenvalue weighted by Gasteiger charge is -2.27. The number of amides is 1. The van der Waals surface area contributed by atoms with Crippen molar-refractivity contribution in [1.82, 2.24) is 4.90 Å². The topological polar surface area (TPSA) is 94.5 Å². The van der Waals surface area contributed by atoms with Gasteiger partial charge in [-0.2, -0.15) is 0 Å². The van der Waals surface area contributed by atoms with E-state index in [0.29, 0.717) is 43.6 Å². The molecule has 1 aromatic carbocycles. The zero-order valence-electron chi connectivity index (χ0n) is 22.3. The van der Waals surface area contributed by atoms with E-state index in [1.807, 2.05) is 39.0 Å². The molecular formula is C27H43NO7. The Morgan fingerprint density at radius 3 is 2.40 bits per heavy atom. The molecule has 0 bridgehead atoms. The number of hydrogen-bond donors (Lipinski definition) is 1. The van der Waals surface area contributed by atoms with Crippen LogP contribution in [0.5, 0.6) is 11.5 Å². The number of nitrogens with zero attached hydrogens (tertiary/aromatic N) is 1. The summed E-state index contributed by atoms with van der Waals surface area (Å²) in [4.78, 5) is 26.2. The first-order valence-electron chi connectivity index (χ1n) is 12.4. The summed E-state index contributed by atoms with van der Waals surface area (Å²) >= 11 is 0. The van der Waals surface area contributed by atoms with Crippen LogP contribution in [0.25, 0.3) is 0 Å². The standard InChI is InChI=1S/C27H43NO7/c1-18(2)20(13-19-9-10-23(33-7)24(14-19)34-12-8-11-32-6)15-21-16-28(17-22(21)25(29)30)26(31)35-27(3,4)5/h9-10,14,18,20-22H,8,11-13,15-17H2,1-7H3,(H,29,30)/t20-,21+,22+/m0/s1. The number of rotatable bonds is 12. The normalized spacial score (nSPS) is 19.0. The monoisotopic (exact) mass is 493 g/mol. The van der Waals surface area contributed by atoms with Gasteiger partial charge in [0.2, 0.25) is 0 Å². The first kappa shape index (κ1) is 28.8. The molecule has 0 unspecified atom stereocenters. The number of carboxylic acid groups (broad SMARTS) is 1. The summed E-state index contributed by atoms with van der Waals surface area (Å²) in [6.07, 6.45) is 1.83. The van der Waals surface area contributed by atoms with Gasteiger partial charge in [0.1, 0.15) is 5.60 Å². The molecule has 1 aliphatic heterocycles. The number of carbonyl (C=O) groups is 2. The number of carboxylic acids is 1. The third kappa shape index (κ3) is 8.91. The molecule has 1 saturated heterocycles. The second-order valence-corrected chi connectivity index (χ2v) is 10.7. The van der Waals surface area contributed by atoms with E-state index in [9.17, 15) is 14.7 Å². The van der Waals surface area contributed by atoms with Gasteiger partial charge < -0.3 is 29.0 Å². The molecular weight excluding hydrogens is 450 g/mol. The summed E-state index contributed by atoms with van der Waals surface area (Å²) in [5, 5.41) is 9.85. The molecule has 1 N–H and O–H groups in total. The first-order valence-corrected chi connectivity index (χ1v) is 12.4. The van der Waals surface area contributed by atoms with E-state index >= 15 is 0 Å². The fraction of sp³-hybridized carbons (Fsp3) is 0.704. The SMILES string of the molecule is COCCCOc1cc(C[C@@H](C[C@@H]2CN(C(=O)OC(C)(C)C)C[C@H]2C(=O)O)C(C)C)ccc1OC. The minimum absolute atomic E-state index is 0.129. The molecule has 0 aliphatic carbocycles. The maximum Gasteiger partial charge on any atom is 0.410 e. The van der Waals surface area contributed by atoms with Gasteiger partial charge >= 0.3 is 12.1 Å². The molecule has 8 heteroatoms. The minimum Gasteiger partial charge on any atom is -0.493 e. The fourth-order valence-corrected chi connectivity index (χ4v) is 4.49. The molecule has 198 valence electrons. The highest BCUT2D eigenvalue weighted by molar-refractivity contribution is 5.74. The summed E-state index contributed by atoms with van der Waals surface area (Å²) in [5.74, 6) is 0.379. The lowest BCUT2D eigenvalue weighted by Crippen LogP contribution is -2.36. The molecule has 0 saturated carbocycles. The molecule has 8 nitrogen and oxygen atoms in total. The van der Waals surface area contributed by atoms with E-state index in [4.69, 9.17) is 18.9 Å². The highest BCUT2D eigenvalue weighted by atomic mass is 16.6. The smallest absolute Gasteiger partial charge is 0.410 e. The Hall–Kier alpha value is -2.48. The van der Waals surface area contributed by atoms with E-state index in [-0.39, 0.29) is 18.4 Å². The number of benzene rings is 1. The van der Waals surface area contributed by atoms with Crippen molar-refractivity contribution in [3.05, 3.63) is 23.8 Å². The van der Waals surface area contributed by atoms with E-state index in [2.05, 4.69) is 13.8 Å². The third-order valence-corrected chi connectivity index (χ3v) is 6.43. The van der Waals surface area contributed by atoms with Gasteiger partial charge in [-0.3, -0.25) is 4.79 Å². The summed E-state index contributed by atoms with van der Waals surface area (Å²) in [5.41, 5.74) is 0.492.